The summed E-state index contributed by atoms with van der Waals surface area (Å²) in [4.78, 5) is 13.4. The summed E-state index contributed by atoms with van der Waals surface area (Å²) in [6.45, 7) is 0.193. The lowest BCUT2D eigenvalue weighted by Gasteiger charge is -2.17. The molecule has 0 spiro atoms. The lowest BCUT2D eigenvalue weighted by Crippen LogP contribution is -2.27. The lowest BCUT2D eigenvalue weighted by atomic mass is 10.1. The van der Waals surface area contributed by atoms with Crippen LogP contribution in [0.1, 0.15) is 6.42 Å². The van der Waals surface area contributed by atoms with Gasteiger partial charge >= 0.3 is 0 Å². The molecule has 0 aliphatic carbocycles. The van der Waals surface area contributed by atoms with Gasteiger partial charge in [-0.25, -0.2) is 26.7 Å². The molecule has 1 heterocycles. The first-order valence-corrected chi connectivity index (χ1v) is 9.67. The monoisotopic (exact) mass is 347 g/mol. The number of nitrogens with zero attached hydrogens (tertiary/aromatic N) is 1. The average molecular weight is 347 g/mol. The second-order valence-corrected chi connectivity index (χ2v) is 8.65. The van der Waals surface area contributed by atoms with E-state index >= 15 is 0 Å². The molecule has 1 unspecified atom stereocenters. The van der Waals surface area contributed by atoms with Crippen molar-refractivity contribution in [2.24, 2.45) is 11.1 Å². The van der Waals surface area contributed by atoms with Crippen LogP contribution in [0.2, 0.25) is 0 Å². The lowest BCUT2D eigenvalue weighted by molar-refractivity contribution is -0.117. The van der Waals surface area contributed by atoms with Crippen LogP contribution in [-0.2, 0) is 24.8 Å². The number of hydrogen-bond acceptors (Lipinski definition) is 5. The zero-order chi connectivity index (χ0) is 16.5. The van der Waals surface area contributed by atoms with E-state index in [0.717, 1.165) is 0 Å². The van der Waals surface area contributed by atoms with E-state index in [0.29, 0.717) is 5.69 Å². The fourth-order valence-electron chi connectivity index (χ4n) is 2.41. The van der Waals surface area contributed by atoms with Crippen LogP contribution >= 0.6 is 0 Å². The maximum atomic E-state index is 12.0. The molecule has 0 radical (unpaired) electrons. The van der Waals surface area contributed by atoms with E-state index in [1.165, 1.54) is 30.1 Å². The number of amides is 1. The first-order chi connectivity index (χ1) is 10.1. The van der Waals surface area contributed by atoms with Crippen LogP contribution in [-0.4, -0.2) is 42.1 Å². The van der Waals surface area contributed by atoms with Gasteiger partial charge in [-0.1, -0.05) is 6.07 Å². The molecule has 0 aromatic heterocycles. The van der Waals surface area contributed by atoms with Crippen LogP contribution in [0.5, 0.6) is 0 Å². The Labute approximate surface area is 129 Å². The van der Waals surface area contributed by atoms with Crippen LogP contribution < -0.4 is 14.8 Å². The Morgan fingerprint density at radius 1 is 1.32 bits per heavy atom. The van der Waals surface area contributed by atoms with Crippen molar-refractivity contribution in [2.45, 2.75) is 11.3 Å². The van der Waals surface area contributed by atoms with E-state index in [9.17, 15) is 21.6 Å². The van der Waals surface area contributed by atoms with Crippen LogP contribution in [0.3, 0.4) is 0 Å². The molecular weight excluding hydrogens is 330 g/mol. The number of nitrogens with one attached hydrogen (secondary N) is 1. The molecule has 1 aromatic carbocycles. The molecule has 1 fully saturated rings. The summed E-state index contributed by atoms with van der Waals surface area (Å²) in [5.41, 5.74) is 0.415. The molecular formula is C12H17N3O5S2. The Hall–Kier alpha value is -1.49. The molecule has 1 amide bonds. The first-order valence-electron chi connectivity index (χ1n) is 6.47. The molecule has 1 saturated heterocycles. The van der Waals surface area contributed by atoms with Gasteiger partial charge in [0.25, 0.3) is 0 Å². The highest BCUT2D eigenvalue weighted by molar-refractivity contribution is 7.89. The standard InChI is InChI=1S/C12H17N3O5S2/c1-14-22(19,20)11-4-2-3-10(6-11)15-7-9(5-12(15)16)8-21(13,17)18/h2-4,6,9,14H,5,7-8H2,1H3,(H2,13,17,18). The molecule has 2 rings (SSSR count). The normalized spacial score (nSPS) is 19.6. The van der Waals surface area contributed by atoms with Gasteiger partial charge in [-0.05, 0) is 25.2 Å². The minimum absolute atomic E-state index is 0.0372. The third kappa shape index (κ3) is 3.83. The van der Waals surface area contributed by atoms with E-state index in [-0.39, 0.29) is 29.5 Å². The molecule has 1 aliphatic heterocycles. The van der Waals surface area contributed by atoms with Gasteiger partial charge in [0.05, 0.1) is 10.6 Å². The zero-order valence-corrected chi connectivity index (χ0v) is 13.5. The second kappa shape index (κ2) is 5.95. The van der Waals surface area contributed by atoms with Crippen molar-refractivity contribution in [3.05, 3.63) is 24.3 Å². The topological polar surface area (TPSA) is 127 Å². The quantitative estimate of drug-likeness (QED) is 0.723. The molecule has 3 N–H and O–H groups in total. The van der Waals surface area contributed by atoms with Crippen molar-refractivity contribution in [1.29, 1.82) is 0 Å². The minimum Gasteiger partial charge on any atom is -0.312 e. The number of carbonyl (C=O) groups excluding carboxylic acids is 1. The number of anilines is 1. The van der Waals surface area contributed by atoms with Gasteiger partial charge in [0, 0.05) is 24.6 Å². The summed E-state index contributed by atoms with van der Waals surface area (Å²) in [6, 6.07) is 5.92. The van der Waals surface area contributed by atoms with Gasteiger partial charge < -0.3 is 4.90 Å². The summed E-state index contributed by atoms with van der Waals surface area (Å²) < 4.78 is 48.0. The number of hydrogen-bond donors (Lipinski definition) is 2. The second-order valence-electron chi connectivity index (χ2n) is 5.11. The van der Waals surface area contributed by atoms with E-state index in [1.54, 1.807) is 6.07 Å². The predicted molar refractivity (Wildman–Crippen MR) is 81.1 cm³/mol. The van der Waals surface area contributed by atoms with Crippen LogP contribution in [0.25, 0.3) is 0 Å². The van der Waals surface area contributed by atoms with Gasteiger partial charge in [0.1, 0.15) is 0 Å². The summed E-state index contributed by atoms with van der Waals surface area (Å²) in [6.07, 6.45) is 0.0689. The maximum Gasteiger partial charge on any atom is 0.240 e. The van der Waals surface area contributed by atoms with Crippen molar-refractivity contribution < 1.29 is 21.6 Å². The van der Waals surface area contributed by atoms with Crippen molar-refractivity contribution >= 4 is 31.6 Å². The van der Waals surface area contributed by atoms with E-state index in [4.69, 9.17) is 5.14 Å². The van der Waals surface area contributed by atoms with Gasteiger partial charge in [-0.15, -0.1) is 0 Å². The highest BCUT2D eigenvalue weighted by Crippen LogP contribution is 2.27. The highest BCUT2D eigenvalue weighted by atomic mass is 32.2. The minimum atomic E-state index is -3.66. The van der Waals surface area contributed by atoms with Crippen LogP contribution in [0, 0.1) is 5.92 Å². The van der Waals surface area contributed by atoms with Gasteiger partial charge in [-0.2, -0.15) is 0 Å². The predicted octanol–water partition coefficient (Wildman–Crippen LogP) is -0.764. The number of nitrogens with two attached hydrogens (primary N) is 1. The average Bonchev–Trinajstić information content (AvgIpc) is 2.77. The smallest absolute Gasteiger partial charge is 0.240 e. The molecule has 0 bridgehead atoms. The SMILES string of the molecule is CNS(=O)(=O)c1cccc(N2CC(CS(N)(=O)=O)CC2=O)c1. The Kier molecular flexibility index (Phi) is 4.57. The molecule has 0 saturated carbocycles. The van der Waals surface area contributed by atoms with Crippen molar-refractivity contribution in [2.75, 3.05) is 24.2 Å². The summed E-state index contributed by atoms with van der Waals surface area (Å²) in [7, 11) is -5.97. The molecule has 10 heteroatoms. The third-order valence-corrected chi connectivity index (χ3v) is 5.73. The Bertz CT molecular complexity index is 789. The van der Waals surface area contributed by atoms with Gasteiger partial charge in [0.2, 0.25) is 26.0 Å². The van der Waals surface area contributed by atoms with Crippen molar-refractivity contribution in [1.82, 2.24) is 4.72 Å². The number of rotatable bonds is 5. The van der Waals surface area contributed by atoms with Crippen molar-refractivity contribution in [3.63, 3.8) is 0 Å². The maximum absolute atomic E-state index is 12.0. The Morgan fingerprint density at radius 3 is 2.59 bits per heavy atom. The molecule has 22 heavy (non-hydrogen) atoms. The summed E-state index contributed by atoms with van der Waals surface area (Å²) in [5.74, 6) is -0.927. The molecule has 1 aliphatic rings. The summed E-state index contributed by atoms with van der Waals surface area (Å²) in [5, 5.41) is 5.00. The first kappa shape index (κ1) is 16.9. The largest absolute Gasteiger partial charge is 0.312 e. The van der Waals surface area contributed by atoms with Crippen LogP contribution in [0.4, 0.5) is 5.69 Å². The molecule has 1 aromatic rings. The van der Waals surface area contributed by atoms with E-state index in [2.05, 4.69) is 4.72 Å². The fourth-order valence-corrected chi connectivity index (χ4v) is 4.06. The number of benzene rings is 1. The Morgan fingerprint density at radius 2 is 2.00 bits per heavy atom. The van der Waals surface area contributed by atoms with E-state index in [1.807, 2.05) is 0 Å². The van der Waals surface area contributed by atoms with E-state index < -0.39 is 26.0 Å². The Balaban J connectivity index is 2.26. The van der Waals surface area contributed by atoms with Crippen LogP contribution in [0.15, 0.2) is 29.2 Å². The fraction of sp³-hybridized carbons (Fsp3) is 0.417. The number of carbonyl (C=O) groups is 1. The molecule has 122 valence electrons. The molecule has 1 atom stereocenters. The zero-order valence-electron chi connectivity index (χ0n) is 11.9. The van der Waals surface area contributed by atoms with Gasteiger partial charge in [-0.3, -0.25) is 4.79 Å². The third-order valence-electron chi connectivity index (χ3n) is 3.38. The van der Waals surface area contributed by atoms with Gasteiger partial charge in [0.15, 0.2) is 0 Å². The molecule has 8 nitrogen and oxygen atoms in total. The summed E-state index contributed by atoms with van der Waals surface area (Å²) >= 11 is 0. The van der Waals surface area contributed by atoms with Crippen molar-refractivity contribution in [3.8, 4) is 0 Å². The number of sulfonamides is 2. The number of primary sulfonamides is 1. The highest BCUT2D eigenvalue weighted by Gasteiger charge is 2.33.